The van der Waals surface area contributed by atoms with Crippen molar-refractivity contribution in [2.75, 3.05) is 6.54 Å². The summed E-state index contributed by atoms with van der Waals surface area (Å²) in [4.78, 5) is 0. The van der Waals surface area contributed by atoms with Crippen LogP contribution in [0.1, 0.15) is 6.92 Å². The molecule has 0 saturated heterocycles. The van der Waals surface area contributed by atoms with Crippen LogP contribution in [0.4, 0.5) is 0 Å². The Balaban J connectivity index is 2.28. The van der Waals surface area contributed by atoms with E-state index in [-0.39, 0.29) is 0 Å². The zero-order chi connectivity index (χ0) is 9.80. The van der Waals surface area contributed by atoms with Crippen LogP contribution in [0.3, 0.4) is 0 Å². The third-order valence-corrected chi connectivity index (χ3v) is 2.25. The van der Waals surface area contributed by atoms with Crippen molar-refractivity contribution < 1.29 is 0 Å². The molecule has 0 fully saturated rings. The van der Waals surface area contributed by atoms with E-state index < -0.39 is 0 Å². The highest BCUT2D eigenvalue weighted by Crippen LogP contribution is 2.15. The van der Waals surface area contributed by atoms with Gasteiger partial charge in [0.05, 0.1) is 12.8 Å². The smallest absolute Gasteiger partial charge is 0.0543 e. The van der Waals surface area contributed by atoms with Crippen molar-refractivity contribution in [1.82, 2.24) is 5.01 Å². The van der Waals surface area contributed by atoms with Gasteiger partial charge in [0.25, 0.3) is 0 Å². The van der Waals surface area contributed by atoms with Gasteiger partial charge in [-0.3, -0.25) is 5.01 Å². The largest absolute Gasteiger partial charge is 0.272 e. The number of hydrogen-bond acceptors (Lipinski definition) is 2. The minimum Gasteiger partial charge on any atom is -0.272 e. The highest BCUT2D eigenvalue weighted by atomic mass is 15.4. The Kier molecular flexibility index (Phi) is 2.63. The Bertz CT molecular complexity index is 345. The van der Waals surface area contributed by atoms with Gasteiger partial charge >= 0.3 is 0 Å². The van der Waals surface area contributed by atoms with E-state index >= 15 is 0 Å². The van der Waals surface area contributed by atoms with Gasteiger partial charge in [-0.1, -0.05) is 30.4 Å². The summed E-state index contributed by atoms with van der Waals surface area (Å²) in [5, 5.41) is 6.34. The number of rotatable bonds is 1. The predicted molar refractivity (Wildman–Crippen MR) is 59.9 cm³/mol. The van der Waals surface area contributed by atoms with Crippen molar-refractivity contribution in [3.63, 3.8) is 0 Å². The molecule has 1 atom stereocenters. The molecule has 0 aromatic heterocycles. The lowest BCUT2D eigenvalue weighted by atomic mass is 10.1. The maximum absolute atomic E-state index is 4.37. The molecular formula is C12H14N2. The fourth-order valence-corrected chi connectivity index (χ4v) is 1.61. The number of hydrazone groups is 1. The van der Waals surface area contributed by atoms with Gasteiger partial charge in [0, 0.05) is 12.1 Å². The van der Waals surface area contributed by atoms with E-state index in [1.165, 1.54) is 5.57 Å². The molecule has 2 rings (SSSR count). The van der Waals surface area contributed by atoms with E-state index in [4.69, 9.17) is 0 Å². The molecule has 14 heavy (non-hydrogen) atoms. The molecule has 0 amide bonds. The Morgan fingerprint density at radius 2 is 2.43 bits per heavy atom. The molecule has 1 unspecified atom stereocenters. The van der Waals surface area contributed by atoms with Crippen LogP contribution >= 0.6 is 0 Å². The van der Waals surface area contributed by atoms with Crippen molar-refractivity contribution in [3.05, 3.63) is 48.2 Å². The van der Waals surface area contributed by atoms with E-state index in [9.17, 15) is 0 Å². The Morgan fingerprint density at radius 1 is 1.50 bits per heavy atom. The Labute approximate surface area is 84.6 Å². The molecule has 2 heterocycles. The quantitative estimate of drug-likeness (QED) is 0.614. The van der Waals surface area contributed by atoms with Gasteiger partial charge in [-0.15, -0.1) is 0 Å². The molecule has 2 aliphatic rings. The average Bonchev–Trinajstić information content (AvgIpc) is 2.50. The van der Waals surface area contributed by atoms with Crippen LogP contribution in [0.15, 0.2) is 53.3 Å². The van der Waals surface area contributed by atoms with Crippen molar-refractivity contribution >= 4 is 6.21 Å². The first kappa shape index (κ1) is 9.00. The second-order valence-corrected chi connectivity index (χ2v) is 3.42. The minimum absolute atomic E-state index is 0.457. The zero-order valence-corrected chi connectivity index (χ0v) is 8.30. The molecule has 0 aliphatic carbocycles. The van der Waals surface area contributed by atoms with Crippen molar-refractivity contribution in [1.29, 1.82) is 0 Å². The van der Waals surface area contributed by atoms with Gasteiger partial charge < -0.3 is 0 Å². The molecule has 2 heteroatoms. The van der Waals surface area contributed by atoms with Crippen molar-refractivity contribution in [2.45, 2.75) is 6.92 Å². The monoisotopic (exact) mass is 186 g/mol. The summed E-state index contributed by atoms with van der Waals surface area (Å²) in [5.74, 6) is 0.457. The molecule has 0 radical (unpaired) electrons. The van der Waals surface area contributed by atoms with E-state index in [1.54, 1.807) is 0 Å². The molecule has 0 N–H and O–H groups in total. The molecule has 0 aromatic carbocycles. The first-order valence-corrected chi connectivity index (χ1v) is 4.88. The van der Waals surface area contributed by atoms with Crippen LogP contribution in [0.25, 0.3) is 0 Å². The second-order valence-electron chi connectivity index (χ2n) is 3.42. The fourth-order valence-electron chi connectivity index (χ4n) is 1.61. The zero-order valence-electron chi connectivity index (χ0n) is 8.30. The highest BCUT2D eigenvalue weighted by Gasteiger charge is 2.10. The third kappa shape index (κ3) is 2.02. The highest BCUT2D eigenvalue weighted by molar-refractivity contribution is 5.82. The molecule has 0 spiro atoms. The van der Waals surface area contributed by atoms with Gasteiger partial charge in [-0.25, -0.2) is 0 Å². The third-order valence-electron chi connectivity index (χ3n) is 2.25. The number of allylic oxidation sites excluding steroid dienone is 5. The molecule has 0 saturated carbocycles. The van der Waals surface area contributed by atoms with Gasteiger partial charge in [0.15, 0.2) is 0 Å². The summed E-state index contributed by atoms with van der Waals surface area (Å²) < 4.78 is 0. The summed E-state index contributed by atoms with van der Waals surface area (Å²) in [6, 6.07) is 0. The summed E-state index contributed by atoms with van der Waals surface area (Å²) in [6.07, 6.45) is 16.6. The van der Waals surface area contributed by atoms with E-state index in [2.05, 4.69) is 29.4 Å². The van der Waals surface area contributed by atoms with Crippen LogP contribution < -0.4 is 0 Å². The van der Waals surface area contributed by atoms with Crippen LogP contribution in [-0.2, 0) is 0 Å². The van der Waals surface area contributed by atoms with Gasteiger partial charge in [0.1, 0.15) is 0 Å². The van der Waals surface area contributed by atoms with E-state index in [0.717, 1.165) is 6.54 Å². The lowest BCUT2D eigenvalue weighted by molar-refractivity contribution is 0.384. The lowest BCUT2D eigenvalue weighted by Gasteiger charge is -2.13. The van der Waals surface area contributed by atoms with Crippen LogP contribution in [0.2, 0.25) is 0 Å². The number of hydrogen-bond donors (Lipinski definition) is 0. The van der Waals surface area contributed by atoms with Gasteiger partial charge in [-0.2, -0.15) is 5.10 Å². The maximum Gasteiger partial charge on any atom is 0.0543 e. The summed E-state index contributed by atoms with van der Waals surface area (Å²) in [6.45, 7) is 2.96. The molecule has 0 aromatic rings. The van der Waals surface area contributed by atoms with Crippen molar-refractivity contribution in [2.24, 2.45) is 11.0 Å². The minimum atomic E-state index is 0.457. The first-order valence-electron chi connectivity index (χ1n) is 4.88. The SMILES string of the molecule is C/C=C\C1=CC2C=CC=CN(C2)N=C1. The summed E-state index contributed by atoms with van der Waals surface area (Å²) in [5.41, 5.74) is 1.18. The van der Waals surface area contributed by atoms with Gasteiger partial charge in [0.2, 0.25) is 0 Å². The number of fused-ring (bicyclic) bond motifs is 2. The van der Waals surface area contributed by atoms with Crippen molar-refractivity contribution in [3.8, 4) is 0 Å². The molecule has 2 aliphatic heterocycles. The standard InChI is InChI=1S/C12H14N2/c1-2-5-11-8-12-6-3-4-7-14(10-12)13-9-11/h2-9,12H,10H2,1H3/b5-2-. The fraction of sp³-hybridized carbons (Fsp3) is 0.250. The van der Waals surface area contributed by atoms with Crippen LogP contribution in [0, 0.1) is 5.92 Å². The lowest BCUT2D eigenvalue weighted by Crippen LogP contribution is -2.15. The Hall–Kier alpha value is -1.57. The molecular weight excluding hydrogens is 172 g/mol. The average molecular weight is 186 g/mol. The Morgan fingerprint density at radius 3 is 3.29 bits per heavy atom. The number of nitrogens with zero attached hydrogens (tertiary/aromatic N) is 2. The molecule has 2 bridgehead atoms. The normalized spacial score (nSPS) is 25.1. The second kappa shape index (κ2) is 4.09. The molecule has 72 valence electrons. The topological polar surface area (TPSA) is 15.6 Å². The van der Waals surface area contributed by atoms with E-state index in [0.29, 0.717) is 5.92 Å². The van der Waals surface area contributed by atoms with Gasteiger partial charge in [-0.05, 0) is 18.6 Å². The van der Waals surface area contributed by atoms with E-state index in [1.807, 2.05) is 36.5 Å². The summed E-state index contributed by atoms with van der Waals surface area (Å²) >= 11 is 0. The maximum atomic E-state index is 4.37. The molecule has 2 nitrogen and oxygen atoms in total. The van der Waals surface area contributed by atoms with Crippen LogP contribution in [0.5, 0.6) is 0 Å². The van der Waals surface area contributed by atoms with Crippen LogP contribution in [-0.4, -0.2) is 17.8 Å². The first-order chi connectivity index (χ1) is 6.88. The summed E-state index contributed by atoms with van der Waals surface area (Å²) in [7, 11) is 0. The predicted octanol–water partition coefficient (Wildman–Crippen LogP) is 2.49.